The molecule has 2 aromatic carbocycles. The predicted molar refractivity (Wildman–Crippen MR) is 113 cm³/mol. The number of nitrogens with zero attached hydrogens (tertiary/aromatic N) is 3. The average molecular weight is 383 g/mol. The van der Waals surface area contributed by atoms with Gasteiger partial charge in [-0.3, -0.25) is 14.8 Å². The van der Waals surface area contributed by atoms with Crippen molar-refractivity contribution in [2.45, 2.75) is 0 Å². The number of fused-ring (bicyclic) bond motifs is 2. The van der Waals surface area contributed by atoms with Gasteiger partial charge in [-0.25, -0.2) is 4.98 Å². The van der Waals surface area contributed by atoms with E-state index < -0.39 is 0 Å². The second-order valence-corrected chi connectivity index (χ2v) is 7.21. The molecule has 0 saturated carbocycles. The number of benzene rings is 2. The molecule has 5 rings (SSSR count). The van der Waals surface area contributed by atoms with E-state index >= 15 is 0 Å². The summed E-state index contributed by atoms with van der Waals surface area (Å²) in [4.78, 5) is 25.9. The summed E-state index contributed by atoms with van der Waals surface area (Å²) in [5.74, 6) is 0. The number of pyridine rings is 1. The molecule has 5 aromatic rings. The number of hydrogen-bond donors (Lipinski definition) is 0. The van der Waals surface area contributed by atoms with E-state index in [1.807, 2.05) is 42.5 Å². The van der Waals surface area contributed by atoms with Crippen LogP contribution in [-0.4, -0.2) is 16.2 Å². The van der Waals surface area contributed by atoms with Crippen molar-refractivity contribution in [2.75, 3.05) is 0 Å². The van der Waals surface area contributed by atoms with E-state index in [9.17, 15) is 4.79 Å². The van der Waals surface area contributed by atoms with Gasteiger partial charge in [0, 0.05) is 24.2 Å². The Balaban J connectivity index is 1.59. The first kappa shape index (κ1) is 16.5. The molecule has 5 nitrogen and oxygen atoms in total. The number of para-hydroxylation sites is 1. The minimum Gasteiger partial charge on any atom is -0.463 e. The van der Waals surface area contributed by atoms with Crippen LogP contribution < -0.4 is 5.43 Å². The Kier molecular flexibility index (Phi) is 4.03. The van der Waals surface area contributed by atoms with Crippen molar-refractivity contribution in [2.24, 2.45) is 4.99 Å². The van der Waals surface area contributed by atoms with E-state index in [2.05, 4.69) is 15.0 Å². The fraction of sp³-hybridized carbons (Fsp3) is 0. The van der Waals surface area contributed by atoms with Crippen molar-refractivity contribution >= 4 is 44.4 Å². The second kappa shape index (κ2) is 6.83. The molecule has 28 heavy (non-hydrogen) atoms. The molecule has 0 radical (unpaired) electrons. The Bertz CT molecular complexity index is 1350. The minimum absolute atomic E-state index is 0.123. The van der Waals surface area contributed by atoms with Gasteiger partial charge >= 0.3 is 0 Å². The molecule has 0 fully saturated rings. The Morgan fingerprint density at radius 1 is 1.04 bits per heavy atom. The number of aromatic nitrogens is 2. The summed E-state index contributed by atoms with van der Waals surface area (Å²) in [5, 5.41) is 1.38. The van der Waals surface area contributed by atoms with Gasteiger partial charge in [0.2, 0.25) is 5.43 Å². The van der Waals surface area contributed by atoms with Gasteiger partial charge in [-0.1, -0.05) is 12.1 Å². The molecule has 0 aliphatic carbocycles. The highest BCUT2D eigenvalue weighted by molar-refractivity contribution is 7.21. The molecule has 0 spiro atoms. The van der Waals surface area contributed by atoms with Crippen LogP contribution in [0.4, 0.5) is 5.69 Å². The van der Waals surface area contributed by atoms with Gasteiger partial charge in [0.05, 0.1) is 26.9 Å². The molecule has 0 atom stereocenters. The van der Waals surface area contributed by atoms with E-state index in [0.717, 1.165) is 26.5 Å². The zero-order valence-electron chi connectivity index (χ0n) is 14.6. The zero-order chi connectivity index (χ0) is 18.9. The van der Waals surface area contributed by atoms with Gasteiger partial charge in [0.25, 0.3) is 0 Å². The van der Waals surface area contributed by atoms with Gasteiger partial charge in [-0.05, 0) is 42.5 Å². The molecule has 0 unspecified atom stereocenters. The summed E-state index contributed by atoms with van der Waals surface area (Å²) in [7, 11) is 0. The molecule has 0 aliphatic rings. The van der Waals surface area contributed by atoms with Crippen molar-refractivity contribution in [1.29, 1.82) is 0 Å². The van der Waals surface area contributed by atoms with Crippen molar-refractivity contribution in [3.05, 3.63) is 89.0 Å². The average Bonchev–Trinajstić information content (AvgIpc) is 3.18. The first-order valence-electron chi connectivity index (χ1n) is 8.63. The standard InChI is InChI=1S/C22H13N3O2S/c26-21-15(12-24-16-7-9-23-10-8-16)13-27-19-6-5-14(11-17(19)21)22-25-18-3-1-2-4-20(18)28-22/h1-13H. The lowest BCUT2D eigenvalue weighted by Gasteiger charge is -2.01. The molecule has 0 aliphatic heterocycles. The maximum Gasteiger partial charge on any atom is 0.201 e. The van der Waals surface area contributed by atoms with Gasteiger partial charge in [0.1, 0.15) is 16.9 Å². The van der Waals surface area contributed by atoms with Gasteiger partial charge in [-0.2, -0.15) is 0 Å². The van der Waals surface area contributed by atoms with Crippen molar-refractivity contribution in [3.8, 4) is 10.6 Å². The molecule has 134 valence electrons. The topological polar surface area (TPSA) is 68.3 Å². The summed E-state index contributed by atoms with van der Waals surface area (Å²) in [6.07, 6.45) is 6.26. The molecule has 0 amide bonds. The van der Waals surface area contributed by atoms with E-state index in [0.29, 0.717) is 16.5 Å². The van der Waals surface area contributed by atoms with Crippen LogP contribution in [-0.2, 0) is 0 Å². The summed E-state index contributed by atoms with van der Waals surface area (Å²) < 4.78 is 6.76. The zero-order valence-corrected chi connectivity index (χ0v) is 15.4. The first-order valence-corrected chi connectivity index (χ1v) is 9.45. The highest BCUT2D eigenvalue weighted by Crippen LogP contribution is 2.31. The number of rotatable bonds is 3. The van der Waals surface area contributed by atoms with Crippen molar-refractivity contribution in [3.63, 3.8) is 0 Å². The van der Waals surface area contributed by atoms with Crippen LogP contribution >= 0.6 is 11.3 Å². The number of hydrogen-bond acceptors (Lipinski definition) is 6. The largest absolute Gasteiger partial charge is 0.463 e. The Hall–Kier alpha value is -3.64. The van der Waals surface area contributed by atoms with Crippen LogP contribution in [0.5, 0.6) is 0 Å². The molecular formula is C22H13N3O2S. The van der Waals surface area contributed by atoms with Crippen LogP contribution in [0.1, 0.15) is 5.56 Å². The second-order valence-electron chi connectivity index (χ2n) is 6.18. The monoisotopic (exact) mass is 383 g/mol. The summed E-state index contributed by atoms with van der Waals surface area (Å²) in [5.41, 5.74) is 3.37. The summed E-state index contributed by atoms with van der Waals surface area (Å²) in [6.45, 7) is 0. The maximum atomic E-state index is 12.9. The quantitative estimate of drug-likeness (QED) is 0.401. The van der Waals surface area contributed by atoms with Crippen LogP contribution in [0, 0.1) is 0 Å². The third-order valence-corrected chi connectivity index (χ3v) is 5.44. The maximum absolute atomic E-state index is 12.9. The number of thiazole rings is 1. The lowest BCUT2D eigenvalue weighted by Crippen LogP contribution is -2.07. The van der Waals surface area contributed by atoms with E-state index in [4.69, 9.17) is 4.42 Å². The third-order valence-electron chi connectivity index (χ3n) is 4.36. The van der Waals surface area contributed by atoms with Crippen molar-refractivity contribution < 1.29 is 4.42 Å². The van der Waals surface area contributed by atoms with Gasteiger partial charge in [-0.15, -0.1) is 11.3 Å². The molecule has 0 saturated heterocycles. The van der Waals surface area contributed by atoms with Crippen LogP contribution in [0.3, 0.4) is 0 Å². The fourth-order valence-corrected chi connectivity index (χ4v) is 3.90. The number of aliphatic imine (C=N–C) groups is 1. The highest BCUT2D eigenvalue weighted by Gasteiger charge is 2.10. The fourth-order valence-electron chi connectivity index (χ4n) is 2.94. The molecule has 0 N–H and O–H groups in total. The molecule has 3 aromatic heterocycles. The Morgan fingerprint density at radius 2 is 1.89 bits per heavy atom. The Labute approximate surface area is 163 Å². The minimum atomic E-state index is -0.123. The van der Waals surface area contributed by atoms with Crippen LogP contribution in [0.2, 0.25) is 0 Å². The van der Waals surface area contributed by atoms with Gasteiger partial charge in [0.15, 0.2) is 0 Å². The Morgan fingerprint density at radius 3 is 2.75 bits per heavy atom. The van der Waals surface area contributed by atoms with Gasteiger partial charge < -0.3 is 4.42 Å². The SMILES string of the molecule is O=c1c(C=Nc2ccncc2)coc2ccc(-c3nc4ccccc4s3)cc12. The molecule has 6 heteroatoms. The molecular weight excluding hydrogens is 370 g/mol. The first-order chi connectivity index (χ1) is 13.8. The molecule has 0 bridgehead atoms. The van der Waals surface area contributed by atoms with E-state index in [1.165, 1.54) is 12.5 Å². The summed E-state index contributed by atoms with van der Waals surface area (Å²) in [6, 6.07) is 17.1. The van der Waals surface area contributed by atoms with Crippen LogP contribution in [0.15, 0.2) is 87.5 Å². The smallest absolute Gasteiger partial charge is 0.201 e. The highest BCUT2D eigenvalue weighted by atomic mass is 32.1. The normalized spacial score (nSPS) is 11.6. The third kappa shape index (κ3) is 3.00. The lowest BCUT2D eigenvalue weighted by molar-refractivity contribution is 0.601. The van der Waals surface area contributed by atoms with E-state index in [-0.39, 0.29) is 5.43 Å². The van der Waals surface area contributed by atoms with Crippen LogP contribution in [0.25, 0.3) is 31.8 Å². The van der Waals surface area contributed by atoms with Crippen molar-refractivity contribution in [1.82, 2.24) is 9.97 Å². The lowest BCUT2D eigenvalue weighted by atomic mass is 10.1. The molecule has 3 heterocycles. The van der Waals surface area contributed by atoms with E-state index in [1.54, 1.807) is 35.9 Å². The predicted octanol–water partition coefficient (Wildman–Crippen LogP) is 5.22. The summed E-state index contributed by atoms with van der Waals surface area (Å²) >= 11 is 1.60.